The Balaban J connectivity index is 1.55. The van der Waals surface area contributed by atoms with Crippen molar-refractivity contribution in [2.45, 2.75) is 32.3 Å². The molecule has 0 radical (unpaired) electrons. The summed E-state index contributed by atoms with van der Waals surface area (Å²) in [6.07, 6.45) is 1.35. The summed E-state index contributed by atoms with van der Waals surface area (Å²) in [5.41, 5.74) is 0.808. The van der Waals surface area contributed by atoms with Crippen LogP contribution in [0.5, 0.6) is 0 Å². The molecule has 3 rings (SSSR count). The van der Waals surface area contributed by atoms with E-state index in [9.17, 15) is 14.7 Å². The number of aryl methyl sites for hydroxylation is 1. The second kappa shape index (κ2) is 6.08. The van der Waals surface area contributed by atoms with Crippen molar-refractivity contribution in [3.05, 3.63) is 17.5 Å². The van der Waals surface area contributed by atoms with Crippen LogP contribution in [0.2, 0.25) is 0 Å². The van der Waals surface area contributed by atoms with Crippen molar-refractivity contribution in [2.75, 3.05) is 26.2 Å². The van der Waals surface area contributed by atoms with Crippen molar-refractivity contribution in [1.29, 1.82) is 0 Å². The molecule has 1 aromatic heterocycles. The SMILES string of the molecule is Cc1cc(C[C@@H]2CN(C(=O)CN3CCCC3=O)C[C@H]2O)on1. The van der Waals surface area contributed by atoms with Gasteiger partial charge in [-0.1, -0.05) is 5.16 Å². The van der Waals surface area contributed by atoms with Gasteiger partial charge in [0.2, 0.25) is 11.8 Å². The van der Waals surface area contributed by atoms with Crippen LogP contribution in [-0.2, 0) is 16.0 Å². The third-order valence-electron chi connectivity index (χ3n) is 4.40. The van der Waals surface area contributed by atoms with E-state index >= 15 is 0 Å². The standard InChI is InChI=1S/C15H21N3O4/c1-10-5-12(22-16-10)6-11-7-18(8-13(11)19)15(21)9-17-4-2-3-14(17)20/h5,11,13,19H,2-4,6-9H2,1H3/t11-,13-/m1/s1. The summed E-state index contributed by atoms with van der Waals surface area (Å²) in [7, 11) is 0. The van der Waals surface area contributed by atoms with Crippen molar-refractivity contribution >= 4 is 11.8 Å². The number of amides is 2. The highest BCUT2D eigenvalue weighted by Crippen LogP contribution is 2.22. The topological polar surface area (TPSA) is 86.9 Å². The molecule has 3 heterocycles. The number of hydrogen-bond acceptors (Lipinski definition) is 5. The Morgan fingerprint density at radius 1 is 1.50 bits per heavy atom. The largest absolute Gasteiger partial charge is 0.391 e. The molecule has 0 aromatic carbocycles. The second-order valence-corrected chi connectivity index (χ2v) is 6.18. The summed E-state index contributed by atoms with van der Waals surface area (Å²) in [6, 6.07) is 1.85. The summed E-state index contributed by atoms with van der Waals surface area (Å²) in [5.74, 6) is 0.628. The minimum atomic E-state index is -0.566. The summed E-state index contributed by atoms with van der Waals surface area (Å²) in [6.45, 7) is 3.43. The van der Waals surface area contributed by atoms with Crippen LogP contribution in [0.3, 0.4) is 0 Å². The molecule has 2 fully saturated rings. The number of rotatable bonds is 4. The molecule has 7 nitrogen and oxygen atoms in total. The van der Waals surface area contributed by atoms with Crippen molar-refractivity contribution in [2.24, 2.45) is 5.92 Å². The maximum atomic E-state index is 12.3. The lowest BCUT2D eigenvalue weighted by Gasteiger charge is -2.20. The van der Waals surface area contributed by atoms with Gasteiger partial charge in [0.25, 0.3) is 0 Å². The minimum Gasteiger partial charge on any atom is -0.391 e. The van der Waals surface area contributed by atoms with Crippen molar-refractivity contribution in [3.8, 4) is 0 Å². The summed E-state index contributed by atoms with van der Waals surface area (Å²) < 4.78 is 5.17. The highest BCUT2D eigenvalue weighted by molar-refractivity contribution is 5.86. The first-order valence-corrected chi connectivity index (χ1v) is 7.68. The van der Waals surface area contributed by atoms with Gasteiger partial charge in [0, 0.05) is 44.5 Å². The molecule has 1 N–H and O–H groups in total. The summed E-state index contributed by atoms with van der Waals surface area (Å²) in [4.78, 5) is 27.1. The quantitative estimate of drug-likeness (QED) is 0.844. The van der Waals surface area contributed by atoms with Crippen LogP contribution >= 0.6 is 0 Å². The fraction of sp³-hybridized carbons (Fsp3) is 0.667. The van der Waals surface area contributed by atoms with Crippen molar-refractivity contribution < 1.29 is 19.2 Å². The first kappa shape index (κ1) is 15.0. The van der Waals surface area contributed by atoms with E-state index in [-0.39, 0.29) is 24.3 Å². The fourth-order valence-electron chi connectivity index (χ4n) is 3.16. The molecule has 0 aliphatic carbocycles. The van der Waals surface area contributed by atoms with Gasteiger partial charge in [-0.25, -0.2) is 0 Å². The molecule has 2 saturated heterocycles. The molecular weight excluding hydrogens is 286 g/mol. The number of aliphatic hydroxyl groups excluding tert-OH is 1. The van der Waals surface area contributed by atoms with Crippen LogP contribution in [0.15, 0.2) is 10.6 Å². The lowest BCUT2D eigenvalue weighted by Crippen LogP contribution is -2.40. The number of hydrogen-bond donors (Lipinski definition) is 1. The second-order valence-electron chi connectivity index (χ2n) is 6.18. The molecule has 2 amide bonds. The van der Waals surface area contributed by atoms with Gasteiger partial charge in [-0.2, -0.15) is 0 Å². The van der Waals surface area contributed by atoms with Crippen LogP contribution < -0.4 is 0 Å². The first-order chi connectivity index (χ1) is 10.5. The van der Waals surface area contributed by atoms with Gasteiger partial charge < -0.3 is 19.4 Å². The Hall–Kier alpha value is -1.89. The van der Waals surface area contributed by atoms with Gasteiger partial charge in [-0.3, -0.25) is 9.59 Å². The zero-order chi connectivity index (χ0) is 15.7. The van der Waals surface area contributed by atoms with E-state index < -0.39 is 6.10 Å². The van der Waals surface area contributed by atoms with Crippen LogP contribution in [-0.4, -0.2) is 64.2 Å². The number of β-amino-alcohol motifs (C(OH)–C–C–N with tert-alkyl or cyclic N) is 1. The lowest BCUT2D eigenvalue weighted by molar-refractivity contribution is -0.137. The fourth-order valence-corrected chi connectivity index (χ4v) is 3.16. The molecule has 7 heteroatoms. The predicted molar refractivity (Wildman–Crippen MR) is 76.8 cm³/mol. The van der Waals surface area contributed by atoms with Crippen LogP contribution in [0.1, 0.15) is 24.3 Å². The number of carbonyl (C=O) groups is 2. The maximum Gasteiger partial charge on any atom is 0.242 e. The molecular formula is C15H21N3O4. The smallest absolute Gasteiger partial charge is 0.242 e. The van der Waals surface area contributed by atoms with Gasteiger partial charge >= 0.3 is 0 Å². The Kier molecular flexibility index (Phi) is 4.15. The zero-order valence-electron chi connectivity index (χ0n) is 12.7. The van der Waals surface area contributed by atoms with Gasteiger partial charge in [0.15, 0.2) is 0 Å². The maximum absolute atomic E-state index is 12.3. The van der Waals surface area contributed by atoms with E-state index in [1.54, 1.807) is 9.80 Å². The van der Waals surface area contributed by atoms with Crippen molar-refractivity contribution in [3.63, 3.8) is 0 Å². The molecule has 0 spiro atoms. The predicted octanol–water partition coefficient (Wildman–Crippen LogP) is -0.0328. The molecule has 0 bridgehead atoms. The van der Waals surface area contributed by atoms with Crippen LogP contribution in [0.4, 0.5) is 0 Å². The highest BCUT2D eigenvalue weighted by Gasteiger charge is 2.36. The molecule has 2 aliphatic heterocycles. The number of aliphatic hydroxyl groups is 1. The number of nitrogens with zero attached hydrogens (tertiary/aromatic N) is 3. The Morgan fingerprint density at radius 3 is 2.95 bits per heavy atom. The van der Waals surface area contributed by atoms with Crippen LogP contribution in [0.25, 0.3) is 0 Å². The molecule has 1 aromatic rings. The van der Waals surface area contributed by atoms with E-state index in [1.807, 2.05) is 13.0 Å². The monoisotopic (exact) mass is 307 g/mol. The van der Waals surface area contributed by atoms with E-state index in [0.717, 1.165) is 17.9 Å². The number of likely N-dealkylation sites (tertiary alicyclic amines) is 2. The summed E-state index contributed by atoms with van der Waals surface area (Å²) >= 11 is 0. The van der Waals surface area contributed by atoms with Gasteiger partial charge in [0.05, 0.1) is 18.3 Å². The van der Waals surface area contributed by atoms with Gasteiger partial charge in [0.1, 0.15) is 5.76 Å². The molecule has 120 valence electrons. The average Bonchev–Trinajstić information content (AvgIpc) is 3.15. The van der Waals surface area contributed by atoms with E-state index in [1.165, 1.54) is 0 Å². The molecule has 0 unspecified atom stereocenters. The Morgan fingerprint density at radius 2 is 2.32 bits per heavy atom. The Bertz CT molecular complexity index is 571. The number of carbonyl (C=O) groups excluding carboxylic acids is 2. The van der Waals surface area contributed by atoms with Crippen LogP contribution in [0, 0.1) is 12.8 Å². The van der Waals surface area contributed by atoms with E-state index in [4.69, 9.17) is 4.52 Å². The number of aromatic nitrogens is 1. The third-order valence-corrected chi connectivity index (χ3v) is 4.40. The molecule has 22 heavy (non-hydrogen) atoms. The van der Waals surface area contributed by atoms with Crippen molar-refractivity contribution in [1.82, 2.24) is 15.0 Å². The van der Waals surface area contributed by atoms with E-state index in [0.29, 0.717) is 32.5 Å². The minimum absolute atomic E-state index is 0.0433. The molecule has 2 aliphatic rings. The van der Waals surface area contributed by atoms with Gasteiger partial charge in [-0.05, 0) is 13.3 Å². The normalized spacial score (nSPS) is 25.3. The lowest BCUT2D eigenvalue weighted by atomic mass is 10.0. The summed E-state index contributed by atoms with van der Waals surface area (Å²) in [5, 5.41) is 14.0. The van der Waals surface area contributed by atoms with Gasteiger partial charge in [-0.15, -0.1) is 0 Å². The average molecular weight is 307 g/mol. The zero-order valence-corrected chi connectivity index (χ0v) is 12.7. The third kappa shape index (κ3) is 3.14. The molecule has 0 saturated carbocycles. The Labute approximate surface area is 128 Å². The highest BCUT2D eigenvalue weighted by atomic mass is 16.5. The molecule has 2 atom stereocenters. The van der Waals surface area contributed by atoms with E-state index in [2.05, 4.69) is 5.16 Å². The first-order valence-electron chi connectivity index (χ1n) is 7.68.